The van der Waals surface area contributed by atoms with Gasteiger partial charge in [0.1, 0.15) is 5.69 Å². The normalized spacial score (nSPS) is 10.6. The fourth-order valence-electron chi connectivity index (χ4n) is 1.35. The summed E-state index contributed by atoms with van der Waals surface area (Å²) in [6.07, 6.45) is 0. The van der Waals surface area contributed by atoms with E-state index in [0.717, 1.165) is 11.4 Å². The fraction of sp³-hybridized carbons (Fsp3) is 0.333. The highest BCUT2D eigenvalue weighted by Gasteiger charge is 2.14. The van der Waals surface area contributed by atoms with Gasteiger partial charge in [-0.1, -0.05) is 0 Å². The van der Waals surface area contributed by atoms with Crippen molar-refractivity contribution < 1.29 is 4.74 Å². The number of hydrogen-bond donors (Lipinski definition) is 0. The zero-order chi connectivity index (χ0) is 12.6. The maximum absolute atomic E-state index is 5.65. The van der Waals surface area contributed by atoms with Crippen molar-refractivity contribution in [3.05, 3.63) is 22.0 Å². The van der Waals surface area contributed by atoms with Gasteiger partial charge in [-0.05, 0) is 37.0 Å². The van der Waals surface area contributed by atoms with Crippen molar-refractivity contribution in [2.75, 3.05) is 0 Å². The second-order valence-electron chi connectivity index (χ2n) is 3.38. The molecule has 0 saturated heterocycles. The molecule has 0 unspecified atom stereocenters. The van der Waals surface area contributed by atoms with Gasteiger partial charge < -0.3 is 4.74 Å². The van der Waals surface area contributed by atoms with Gasteiger partial charge in [0, 0.05) is 7.05 Å². The summed E-state index contributed by atoms with van der Waals surface area (Å²) >= 11 is 11.3. The van der Waals surface area contributed by atoms with Gasteiger partial charge >= 0.3 is 6.01 Å². The van der Waals surface area contributed by atoms with Crippen LogP contribution in [0.3, 0.4) is 0 Å². The third kappa shape index (κ3) is 2.48. The zero-order valence-corrected chi connectivity index (χ0v) is 10.9. The molecule has 0 radical (unpaired) electrons. The van der Waals surface area contributed by atoms with Crippen LogP contribution in [0.1, 0.15) is 11.4 Å². The van der Waals surface area contributed by atoms with Gasteiger partial charge in [-0.25, -0.2) is 0 Å². The fourth-order valence-corrected chi connectivity index (χ4v) is 1.70. The predicted molar refractivity (Wildman–Crippen MR) is 62.6 cm³/mol. The summed E-state index contributed by atoms with van der Waals surface area (Å²) in [6.45, 7) is 3.70. The Labute approximate surface area is 108 Å². The highest BCUT2D eigenvalue weighted by atomic mass is 35.5. The Morgan fingerprint density at radius 3 is 2.12 bits per heavy atom. The Bertz CT molecular complexity index is 549. The van der Waals surface area contributed by atoms with E-state index >= 15 is 0 Å². The van der Waals surface area contributed by atoms with Crippen LogP contribution in [0.2, 0.25) is 10.6 Å². The number of rotatable bonds is 2. The molecule has 6 nitrogen and oxygen atoms in total. The van der Waals surface area contributed by atoms with Crippen LogP contribution >= 0.6 is 23.2 Å². The van der Waals surface area contributed by atoms with E-state index in [-0.39, 0.29) is 16.6 Å². The maximum atomic E-state index is 5.65. The zero-order valence-electron chi connectivity index (χ0n) is 9.40. The molecule has 90 valence electrons. The van der Waals surface area contributed by atoms with E-state index in [0.29, 0.717) is 5.75 Å². The van der Waals surface area contributed by atoms with Crippen molar-refractivity contribution in [3.63, 3.8) is 0 Å². The smallest absolute Gasteiger partial charge is 0.327 e. The Morgan fingerprint density at radius 1 is 1.06 bits per heavy atom. The van der Waals surface area contributed by atoms with Crippen molar-refractivity contribution in [3.8, 4) is 11.8 Å². The van der Waals surface area contributed by atoms with Crippen LogP contribution in [-0.2, 0) is 7.05 Å². The summed E-state index contributed by atoms with van der Waals surface area (Å²) in [5.41, 5.74) is 1.59. The monoisotopic (exact) mass is 273 g/mol. The molecule has 2 aromatic rings. The van der Waals surface area contributed by atoms with E-state index in [1.807, 2.05) is 20.9 Å². The van der Waals surface area contributed by atoms with Gasteiger partial charge in [-0.3, -0.25) is 4.68 Å². The molecular weight excluding hydrogens is 265 g/mol. The summed E-state index contributed by atoms with van der Waals surface area (Å²) in [5, 5.41) is 4.18. The first kappa shape index (κ1) is 12.1. The summed E-state index contributed by atoms with van der Waals surface area (Å²) in [7, 11) is 1.82. The summed E-state index contributed by atoms with van der Waals surface area (Å²) in [4.78, 5) is 11.3. The quantitative estimate of drug-likeness (QED) is 0.840. The third-order valence-corrected chi connectivity index (χ3v) is 2.53. The molecule has 8 heteroatoms. The maximum Gasteiger partial charge on any atom is 0.327 e. The van der Waals surface area contributed by atoms with Gasteiger partial charge in [0.2, 0.25) is 10.6 Å². The molecule has 2 aromatic heterocycles. The Hall–Kier alpha value is -1.40. The van der Waals surface area contributed by atoms with Crippen LogP contribution in [0.4, 0.5) is 0 Å². The molecule has 2 heterocycles. The third-order valence-electron chi connectivity index (χ3n) is 2.20. The lowest BCUT2D eigenvalue weighted by Gasteiger charge is -2.03. The largest absolute Gasteiger partial charge is 0.420 e. The lowest BCUT2D eigenvalue weighted by atomic mass is 10.3. The van der Waals surface area contributed by atoms with Crippen molar-refractivity contribution in [2.45, 2.75) is 13.8 Å². The topological polar surface area (TPSA) is 65.7 Å². The average Bonchev–Trinajstić information content (AvgIpc) is 2.44. The molecule has 0 aliphatic heterocycles. The Kier molecular flexibility index (Phi) is 3.17. The summed E-state index contributed by atoms with van der Waals surface area (Å²) in [5.74, 6) is 0.589. The van der Waals surface area contributed by atoms with Crippen LogP contribution in [-0.4, -0.2) is 24.7 Å². The van der Waals surface area contributed by atoms with Crippen molar-refractivity contribution >= 4 is 23.2 Å². The average molecular weight is 274 g/mol. The van der Waals surface area contributed by atoms with Crippen molar-refractivity contribution in [1.82, 2.24) is 24.7 Å². The van der Waals surface area contributed by atoms with Gasteiger partial charge in [-0.15, -0.1) is 0 Å². The van der Waals surface area contributed by atoms with Gasteiger partial charge in [0.05, 0.1) is 5.69 Å². The minimum atomic E-state index is -0.0146. The molecule has 0 bridgehead atoms. The minimum absolute atomic E-state index is 0.0146. The molecule has 0 aromatic carbocycles. The molecule has 0 atom stereocenters. The summed E-state index contributed by atoms with van der Waals surface area (Å²) < 4.78 is 7.21. The molecule has 0 fully saturated rings. The first-order valence-electron chi connectivity index (χ1n) is 4.72. The molecule has 2 rings (SSSR count). The van der Waals surface area contributed by atoms with Crippen LogP contribution in [0, 0.1) is 13.8 Å². The molecule has 0 aliphatic rings. The molecule has 17 heavy (non-hydrogen) atoms. The second kappa shape index (κ2) is 4.46. The van der Waals surface area contributed by atoms with Crippen LogP contribution < -0.4 is 4.74 Å². The van der Waals surface area contributed by atoms with E-state index in [1.54, 1.807) is 4.68 Å². The SMILES string of the molecule is Cc1nn(C)c(C)c1Oc1nc(Cl)nc(Cl)n1. The van der Waals surface area contributed by atoms with Crippen molar-refractivity contribution in [2.24, 2.45) is 7.05 Å². The minimum Gasteiger partial charge on any atom is -0.420 e. The summed E-state index contributed by atoms with van der Waals surface area (Å²) in [6, 6.07) is 0.0502. The van der Waals surface area contributed by atoms with E-state index < -0.39 is 0 Å². The lowest BCUT2D eigenvalue weighted by Crippen LogP contribution is -1.97. The number of nitrogens with zero attached hydrogens (tertiary/aromatic N) is 5. The standard InChI is InChI=1S/C9H9Cl2N5O/c1-4-6(5(2)16(3)15-4)17-9-13-7(10)12-8(11)14-9/h1-3H3. The Morgan fingerprint density at radius 2 is 1.65 bits per heavy atom. The number of aryl methyl sites for hydroxylation is 2. The Balaban J connectivity index is 2.37. The number of ether oxygens (including phenoxy) is 1. The molecule has 0 aliphatic carbocycles. The van der Waals surface area contributed by atoms with Crippen molar-refractivity contribution in [1.29, 1.82) is 0 Å². The van der Waals surface area contributed by atoms with Crippen LogP contribution in [0.25, 0.3) is 0 Å². The van der Waals surface area contributed by atoms with E-state index in [1.165, 1.54) is 0 Å². The molecule has 0 amide bonds. The van der Waals surface area contributed by atoms with E-state index in [4.69, 9.17) is 27.9 Å². The van der Waals surface area contributed by atoms with Gasteiger partial charge in [0.15, 0.2) is 5.75 Å². The van der Waals surface area contributed by atoms with Gasteiger partial charge in [0.25, 0.3) is 0 Å². The predicted octanol–water partition coefficient (Wildman–Crippen LogP) is 2.32. The highest BCUT2D eigenvalue weighted by molar-refractivity contribution is 6.31. The van der Waals surface area contributed by atoms with E-state index in [2.05, 4.69) is 20.1 Å². The molecule has 0 N–H and O–H groups in total. The molecular formula is C9H9Cl2N5O. The number of hydrogen-bond acceptors (Lipinski definition) is 5. The molecule has 0 saturated carbocycles. The first-order chi connectivity index (χ1) is 7.97. The second-order valence-corrected chi connectivity index (χ2v) is 4.06. The first-order valence-corrected chi connectivity index (χ1v) is 5.48. The highest BCUT2D eigenvalue weighted by Crippen LogP contribution is 2.26. The van der Waals surface area contributed by atoms with Crippen LogP contribution in [0.5, 0.6) is 11.8 Å². The lowest BCUT2D eigenvalue weighted by molar-refractivity contribution is 0.432. The number of halogens is 2. The van der Waals surface area contributed by atoms with Crippen LogP contribution in [0.15, 0.2) is 0 Å². The molecule has 0 spiro atoms. The number of aromatic nitrogens is 5. The van der Waals surface area contributed by atoms with E-state index in [9.17, 15) is 0 Å². The van der Waals surface area contributed by atoms with Gasteiger partial charge in [-0.2, -0.15) is 20.1 Å².